The van der Waals surface area contributed by atoms with Gasteiger partial charge in [0.1, 0.15) is 19.8 Å². The third kappa shape index (κ3) is 61.2. The Morgan fingerprint density at radius 1 is 0.421 bits per heavy atom. The molecule has 0 saturated heterocycles. The number of carbonyl (C=O) groups excluding carboxylic acids is 2. The summed E-state index contributed by atoms with van der Waals surface area (Å²) >= 11 is 0. The number of phosphoric acid groups is 1. The molecule has 1 N–H and O–H groups in total. The number of rotatable bonds is 60. The van der Waals surface area contributed by atoms with E-state index in [1.165, 1.54) is 212 Å². The van der Waals surface area contributed by atoms with E-state index in [4.69, 9.17) is 18.5 Å². The van der Waals surface area contributed by atoms with Gasteiger partial charge in [-0.05, 0) is 51.4 Å². The Labute approximate surface area is 471 Å². The first kappa shape index (κ1) is 74.0. The highest BCUT2D eigenvalue weighted by Crippen LogP contribution is 2.43. The van der Waals surface area contributed by atoms with Crippen molar-refractivity contribution in [1.82, 2.24) is 0 Å². The van der Waals surface area contributed by atoms with Crippen LogP contribution >= 0.6 is 7.82 Å². The van der Waals surface area contributed by atoms with Crippen LogP contribution in [0.3, 0.4) is 0 Å². The summed E-state index contributed by atoms with van der Waals surface area (Å²) in [6.07, 6.45) is 73.4. The second kappa shape index (κ2) is 57.6. The van der Waals surface area contributed by atoms with Crippen molar-refractivity contribution >= 4 is 19.8 Å². The molecule has 0 aromatic rings. The lowest BCUT2D eigenvalue weighted by Crippen LogP contribution is -2.37. The molecule has 0 bridgehead atoms. The summed E-state index contributed by atoms with van der Waals surface area (Å²) in [6, 6.07) is 0. The molecule has 0 rings (SSSR count). The van der Waals surface area contributed by atoms with Gasteiger partial charge in [0.25, 0.3) is 0 Å². The predicted octanol–water partition coefficient (Wildman–Crippen LogP) is 20.5. The Balaban J connectivity index is 4.06. The summed E-state index contributed by atoms with van der Waals surface area (Å²) in [6.45, 7) is 4.37. The molecule has 0 aromatic carbocycles. The fourth-order valence-corrected chi connectivity index (χ4v) is 10.2. The molecule has 0 fully saturated rings. The minimum atomic E-state index is -4.39. The predicted molar refractivity (Wildman–Crippen MR) is 326 cm³/mol. The summed E-state index contributed by atoms with van der Waals surface area (Å²) in [5, 5.41) is 0. The van der Waals surface area contributed by atoms with Crippen LogP contribution < -0.4 is 0 Å². The van der Waals surface area contributed by atoms with Crippen LogP contribution in [0, 0.1) is 0 Å². The van der Waals surface area contributed by atoms with Crippen molar-refractivity contribution in [2.24, 2.45) is 0 Å². The lowest BCUT2D eigenvalue weighted by molar-refractivity contribution is -0.870. The highest BCUT2D eigenvalue weighted by atomic mass is 31.2. The van der Waals surface area contributed by atoms with E-state index in [2.05, 4.69) is 62.5 Å². The largest absolute Gasteiger partial charge is 0.472 e. The van der Waals surface area contributed by atoms with Crippen LogP contribution in [-0.2, 0) is 32.7 Å². The maximum absolute atomic E-state index is 12.8. The van der Waals surface area contributed by atoms with Crippen molar-refractivity contribution in [3.8, 4) is 0 Å². The fraction of sp³-hybridized carbons (Fsp3) is 0.848. The lowest BCUT2D eigenvalue weighted by atomic mass is 10.0. The molecule has 0 heterocycles. The van der Waals surface area contributed by atoms with E-state index in [-0.39, 0.29) is 25.6 Å². The van der Waals surface area contributed by atoms with Gasteiger partial charge in [0.05, 0.1) is 27.7 Å². The zero-order valence-corrected chi connectivity index (χ0v) is 51.6. The number of ether oxygens (including phenoxy) is 2. The fourth-order valence-electron chi connectivity index (χ4n) is 9.42. The molecule has 0 aromatic heterocycles. The molecule has 0 aliphatic heterocycles. The first-order chi connectivity index (χ1) is 37.0. The molecule has 10 heteroatoms. The molecule has 9 nitrogen and oxygen atoms in total. The first-order valence-corrected chi connectivity index (χ1v) is 33.9. The quantitative estimate of drug-likeness (QED) is 0.0211. The van der Waals surface area contributed by atoms with Crippen molar-refractivity contribution in [3.63, 3.8) is 0 Å². The van der Waals surface area contributed by atoms with Gasteiger partial charge in [0.15, 0.2) is 6.10 Å². The van der Waals surface area contributed by atoms with Gasteiger partial charge in [-0.25, -0.2) is 4.57 Å². The van der Waals surface area contributed by atoms with Crippen LogP contribution in [0.5, 0.6) is 0 Å². The minimum absolute atomic E-state index is 0.0323. The van der Waals surface area contributed by atoms with Crippen molar-refractivity contribution < 1.29 is 42.1 Å². The number of allylic oxidation sites excluding steroid dienone is 8. The molecule has 2 atom stereocenters. The smallest absolute Gasteiger partial charge is 0.462 e. The summed E-state index contributed by atoms with van der Waals surface area (Å²) in [4.78, 5) is 35.8. The number of esters is 2. The van der Waals surface area contributed by atoms with E-state index in [0.29, 0.717) is 23.9 Å². The van der Waals surface area contributed by atoms with Gasteiger partial charge in [0, 0.05) is 12.8 Å². The molecule has 0 spiro atoms. The number of nitrogens with zero attached hydrogens (tertiary/aromatic N) is 1. The Hall–Kier alpha value is -2.03. The van der Waals surface area contributed by atoms with E-state index in [0.717, 1.165) is 64.2 Å². The van der Waals surface area contributed by atoms with E-state index in [1.54, 1.807) is 0 Å². The third-order valence-electron chi connectivity index (χ3n) is 14.4. The van der Waals surface area contributed by atoms with Crippen LogP contribution in [0.4, 0.5) is 0 Å². The Morgan fingerprint density at radius 2 is 0.750 bits per heavy atom. The standard InChI is InChI=1S/C66H124NO8P/c1-6-8-10-12-14-16-18-20-22-24-26-28-30-32-33-35-36-38-40-42-44-46-48-50-52-54-56-58-65(68)72-62-64(63-74-76(70,71)73-61-60-67(3,4)5)75-66(69)59-57-55-53-51-49-47-45-43-41-39-37-34-31-29-27-25-23-21-19-17-15-13-11-9-7-2/h9,11,15,17,21,23,27,29,64H,6-8,10,12-14,16,18-20,22,24-26,28,30-63H2,1-5H3/p+1/b11-9-,17-15-,23-21-,29-27-. The maximum atomic E-state index is 12.8. The SMILES string of the molecule is CC/C=C\C/C=C\C/C=C\C/C=C\CCCCCCCCCCCCCCC(=O)OC(COC(=O)CCCCCCCCCCCCCCCCCCCCCCCCCCCCC)COP(=O)(O)OCC[N+](C)(C)C. The molecule has 0 saturated carbocycles. The van der Waals surface area contributed by atoms with Gasteiger partial charge in [0.2, 0.25) is 0 Å². The number of quaternary nitrogens is 1. The summed E-state index contributed by atoms with van der Waals surface area (Å²) in [7, 11) is 1.49. The summed E-state index contributed by atoms with van der Waals surface area (Å²) < 4.78 is 34.7. The second-order valence-electron chi connectivity index (χ2n) is 23.1. The number of likely N-dealkylation sites (N-methyl/N-ethyl adjacent to an activating group) is 1. The zero-order valence-electron chi connectivity index (χ0n) is 50.8. The van der Waals surface area contributed by atoms with E-state index < -0.39 is 26.5 Å². The molecule has 2 unspecified atom stereocenters. The summed E-state index contributed by atoms with van der Waals surface area (Å²) in [5.74, 6) is -0.784. The Kier molecular flexibility index (Phi) is 56.1. The van der Waals surface area contributed by atoms with E-state index in [9.17, 15) is 19.0 Å². The number of hydrogen-bond donors (Lipinski definition) is 1. The average molecular weight is 1090 g/mol. The van der Waals surface area contributed by atoms with Crippen LogP contribution in [0.15, 0.2) is 48.6 Å². The summed E-state index contributed by atoms with van der Waals surface area (Å²) in [5.41, 5.74) is 0. The zero-order chi connectivity index (χ0) is 55.6. The van der Waals surface area contributed by atoms with Gasteiger partial charge in [-0.2, -0.15) is 0 Å². The number of carbonyl (C=O) groups is 2. The number of unbranched alkanes of at least 4 members (excludes halogenated alkanes) is 38. The van der Waals surface area contributed by atoms with Crippen LogP contribution in [0.1, 0.15) is 309 Å². The molecule has 0 radical (unpaired) electrons. The number of hydrogen-bond acceptors (Lipinski definition) is 7. The molecular formula is C66H125NO8P+. The van der Waals surface area contributed by atoms with Crippen LogP contribution in [0.2, 0.25) is 0 Å². The molecule has 0 aliphatic rings. The van der Waals surface area contributed by atoms with Crippen molar-refractivity contribution in [1.29, 1.82) is 0 Å². The Bertz CT molecular complexity index is 1420. The molecule has 0 amide bonds. The normalized spacial score (nSPS) is 13.5. The lowest BCUT2D eigenvalue weighted by Gasteiger charge is -2.24. The molecular weight excluding hydrogens is 966 g/mol. The van der Waals surface area contributed by atoms with E-state index >= 15 is 0 Å². The van der Waals surface area contributed by atoms with Crippen molar-refractivity contribution in [2.45, 2.75) is 315 Å². The van der Waals surface area contributed by atoms with E-state index in [1.807, 2.05) is 21.1 Å². The van der Waals surface area contributed by atoms with Gasteiger partial charge in [-0.3, -0.25) is 18.6 Å². The maximum Gasteiger partial charge on any atom is 0.472 e. The highest BCUT2D eigenvalue weighted by Gasteiger charge is 2.27. The Morgan fingerprint density at radius 3 is 1.12 bits per heavy atom. The molecule has 446 valence electrons. The second-order valence-corrected chi connectivity index (χ2v) is 24.6. The topological polar surface area (TPSA) is 108 Å². The van der Waals surface area contributed by atoms with Gasteiger partial charge in [-0.1, -0.05) is 294 Å². The highest BCUT2D eigenvalue weighted by molar-refractivity contribution is 7.47. The minimum Gasteiger partial charge on any atom is -0.462 e. The van der Waals surface area contributed by atoms with Gasteiger partial charge >= 0.3 is 19.8 Å². The van der Waals surface area contributed by atoms with Crippen LogP contribution in [0.25, 0.3) is 0 Å². The first-order valence-electron chi connectivity index (χ1n) is 32.4. The molecule has 76 heavy (non-hydrogen) atoms. The van der Waals surface area contributed by atoms with Crippen LogP contribution in [-0.4, -0.2) is 74.9 Å². The average Bonchev–Trinajstić information content (AvgIpc) is 3.38. The van der Waals surface area contributed by atoms with Crippen molar-refractivity contribution in [3.05, 3.63) is 48.6 Å². The third-order valence-corrected chi connectivity index (χ3v) is 15.4. The monoisotopic (exact) mass is 1090 g/mol. The molecule has 0 aliphatic carbocycles. The van der Waals surface area contributed by atoms with Gasteiger partial charge < -0.3 is 18.9 Å². The van der Waals surface area contributed by atoms with Crippen molar-refractivity contribution in [2.75, 3.05) is 47.5 Å². The van der Waals surface area contributed by atoms with Gasteiger partial charge in [-0.15, -0.1) is 0 Å². The number of phosphoric ester groups is 1.